The van der Waals surface area contributed by atoms with Gasteiger partial charge < -0.3 is 10.5 Å². The number of hydrogen-bond acceptors (Lipinski definition) is 5. The van der Waals surface area contributed by atoms with Gasteiger partial charge in [0, 0.05) is 0 Å². The van der Waals surface area contributed by atoms with E-state index >= 15 is 0 Å². The van der Waals surface area contributed by atoms with E-state index in [1.165, 1.54) is 4.68 Å². The Hall–Kier alpha value is -2.57. The van der Waals surface area contributed by atoms with Gasteiger partial charge >= 0.3 is 5.69 Å². The van der Waals surface area contributed by atoms with E-state index in [-0.39, 0.29) is 17.2 Å². The molecule has 0 amide bonds. The summed E-state index contributed by atoms with van der Waals surface area (Å²) in [6.45, 7) is 1.55. The summed E-state index contributed by atoms with van der Waals surface area (Å²) in [5.74, 6) is 0.707. The number of nitrogens with zero attached hydrogens (tertiary/aromatic N) is 3. The SMILES string of the molecule is COc1ccc(-n2nc(C)c([N+](=O)[O-])c2N)cc1. The van der Waals surface area contributed by atoms with Crippen LogP contribution < -0.4 is 10.5 Å². The number of methoxy groups -OCH3 is 1. The fraction of sp³-hybridized carbons (Fsp3) is 0.182. The predicted molar refractivity (Wildman–Crippen MR) is 65.9 cm³/mol. The topological polar surface area (TPSA) is 96.2 Å². The molecule has 1 aromatic carbocycles. The van der Waals surface area contributed by atoms with Crippen molar-refractivity contribution in [2.45, 2.75) is 6.92 Å². The van der Waals surface area contributed by atoms with Crippen molar-refractivity contribution in [2.24, 2.45) is 0 Å². The first kappa shape index (κ1) is 11.9. The maximum absolute atomic E-state index is 10.8. The van der Waals surface area contributed by atoms with Crippen molar-refractivity contribution in [3.63, 3.8) is 0 Å². The molecule has 2 N–H and O–H groups in total. The molecule has 0 aliphatic heterocycles. The number of aryl methyl sites for hydroxylation is 1. The van der Waals surface area contributed by atoms with Crippen LogP contribution in [0.2, 0.25) is 0 Å². The number of ether oxygens (including phenoxy) is 1. The second-order valence-electron chi connectivity index (χ2n) is 3.69. The van der Waals surface area contributed by atoms with Gasteiger partial charge in [-0.15, -0.1) is 0 Å². The summed E-state index contributed by atoms with van der Waals surface area (Å²) < 4.78 is 6.37. The van der Waals surface area contributed by atoms with Crippen LogP contribution in [-0.2, 0) is 0 Å². The van der Waals surface area contributed by atoms with E-state index in [1.807, 2.05) is 0 Å². The number of benzene rings is 1. The molecule has 2 aromatic rings. The van der Waals surface area contributed by atoms with Crippen LogP contribution in [0.15, 0.2) is 24.3 Å². The summed E-state index contributed by atoms with van der Waals surface area (Å²) in [7, 11) is 1.56. The minimum absolute atomic E-state index is 0.0164. The Labute approximate surface area is 103 Å². The smallest absolute Gasteiger partial charge is 0.333 e. The van der Waals surface area contributed by atoms with Gasteiger partial charge in [0.1, 0.15) is 11.4 Å². The van der Waals surface area contributed by atoms with Crippen molar-refractivity contribution >= 4 is 11.5 Å². The first-order valence-corrected chi connectivity index (χ1v) is 5.18. The predicted octanol–water partition coefficient (Wildman–Crippen LogP) is 1.68. The summed E-state index contributed by atoms with van der Waals surface area (Å²) in [4.78, 5) is 10.3. The summed E-state index contributed by atoms with van der Waals surface area (Å²) in [5.41, 5.74) is 6.50. The lowest BCUT2D eigenvalue weighted by Crippen LogP contribution is -2.03. The Morgan fingerprint density at radius 3 is 2.44 bits per heavy atom. The van der Waals surface area contributed by atoms with E-state index in [0.29, 0.717) is 11.4 Å². The number of hydrogen-bond donors (Lipinski definition) is 1. The largest absolute Gasteiger partial charge is 0.497 e. The average Bonchev–Trinajstić information content (AvgIpc) is 2.65. The molecule has 0 unspecified atom stereocenters. The van der Waals surface area contributed by atoms with E-state index in [1.54, 1.807) is 38.3 Å². The zero-order valence-electron chi connectivity index (χ0n) is 9.95. The van der Waals surface area contributed by atoms with Crippen molar-refractivity contribution in [1.82, 2.24) is 9.78 Å². The minimum Gasteiger partial charge on any atom is -0.497 e. The van der Waals surface area contributed by atoms with Gasteiger partial charge in [-0.1, -0.05) is 0 Å². The molecule has 18 heavy (non-hydrogen) atoms. The first-order chi connectivity index (χ1) is 8.54. The van der Waals surface area contributed by atoms with Crippen LogP contribution in [0.4, 0.5) is 11.5 Å². The monoisotopic (exact) mass is 248 g/mol. The number of nitro groups is 1. The molecular weight excluding hydrogens is 236 g/mol. The van der Waals surface area contributed by atoms with E-state index in [2.05, 4.69) is 5.10 Å². The summed E-state index contributed by atoms with van der Waals surface area (Å²) in [5, 5.41) is 14.9. The first-order valence-electron chi connectivity index (χ1n) is 5.18. The third-order valence-electron chi connectivity index (χ3n) is 2.56. The molecule has 0 spiro atoms. The number of anilines is 1. The Kier molecular flexibility index (Phi) is 2.88. The maximum Gasteiger partial charge on any atom is 0.333 e. The molecule has 0 saturated carbocycles. The van der Waals surface area contributed by atoms with Gasteiger partial charge in [0.15, 0.2) is 0 Å². The fourth-order valence-electron chi connectivity index (χ4n) is 1.68. The van der Waals surface area contributed by atoms with Crippen LogP contribution in [0, 0.1) is 17.0 Å². The molecule has 2 rings (SSSR count). The standard InChI is InChI=1S/C11H12N4O3/c1-7-10(15(16)17)11(12)14(13-7)8-3-5-9(18-2)6-4-8/h3-6H,12H2,1-2H3. The zero-order chi connectivity index (χ0) is 13.3. The third-order valence-corrected chi connectivity index (χ3v) is 2.56. The second-order valence-corrected chi connectivity index (χ2v) is 3.69. The molecule has 1 aromatic heterocycles. The molecule has 0 aliphatic carbocycles. The zero-order valence-corrected chi connectivity index (χ0v) is 9.95. The lowest BCUT2D eigenvalue weighted by molar-refractivity contribution is -0.384. The molecule has 0 atom stereocenters. The van der Waals surface area contributed by atoms with Crippen molar-refractivity contribution in [3.05, 3.63) is 40.1 Å². The van der Waals surface area contributed by atoms with Crippen LogP contribution in [0.3, 0.4) is 0 Å². The number of nitrogens with two attached hydrogens (primary N) is 1. The van der Waals surface area contributed by atoms with Gasteiger partial charge in [0.05, 0.1) is 17.7 Å². The Morgan fingerprint density at radius 2 is 2.00 bits per heavy atom. The quantitative estimate of drug-likeness (QED) is 0.658. The van der Waals surface area contributed by atoms with Crippen molar-refractivity contribution < 1.29 is 9.66 Å². The third kappa shape index (κ3) is 1.86. The molecule has 0 fully saturated rings. The molecule has 0 bridgehead atoms. The van der Waals surface area contributed by atoms with Gasteiger partial charge in [-0.05, 0) is 31.2 Å². The van der Waals surface area contributed by atoms with Crippen molar-refractivity contribution in [3.8, 4) is 11.4 Å². The molecule has 1 heterocycles. The number of rotatable bonds is 3. The highest BCUT2D eigenvalue weighted by Crippen LogP contribution is 2.28. The summed E-state index contributed by atoms with van der Waals surface area (Å²) >= 11 is 0. The lowest BCUT2D eigenvalue weighted by Gasteiger charge is -2.04. The molecule has 7 nitrogen and oxygen atoms in total. The maximum atomic E-state index is 10.8. The molecule has 94 valence electrons. The average molecular weight is 248 g/mol. The number of nitrogen functional groups attached to an aromatic ring is 1. The van der Waals surface area contributed by atoms with Gasteiger partial charge in [-0.3, -0.25) is 10.1 Å². The Balaban J connectivity index is 2.50. The van der Waals surface area contributed by atoms with Gasteiger partial charge in [0.25, 0.3) is 0 Å². The van der Waals surface area contributed by atoms with E-state index in [9.17, 15) is 10.1 Å². The van der Waals surface area contributed by atoms with Gasteiger partial charge in [-0.25, -0.2) is 4.68 Å². The number of aromatic nitrogens is 2. The van der Waals surface area contributed by atoms with Crippen LogP contribution >= 0.6 is 0 Å². The molecular formula is C11H12N4O3. The van der Waals surface area contributed by atoms with Gasteiger partial charge in [-0.2, -0.15) is 5.10 Å². The highest BCUT2D eigenvalue weighted by molar-refractivity contribution is 5.60. The lowest BCUT2D eigenvalue weighted by atomic mass is 10.3. The van der Waals surface area contributed by atoms with E-state index in [0.717, 1.165) is 0 Å². The minimum atomic E-state index is -0.530. The van der Waals surface area contributed by atoms with Crippen molar-refractivity contribution in [2.75, 3.05) is 12.8 Å². The van der Waals surface area contributed by atoms with Crippen LogP contribution in [0.1, 0.15) is 5.69 Å². The second kappa shape index (κ2) is 4.36. The van der Waals surface area contributed by atoms with Crippen LogP contribution in [-0.4, -0.2) is 21.8 Å². The molecule has 0 radical (unpaired) electrons. The summed E-state index contributed by atoms with van der Waals surface area (Å²) in [6.07, 6.45) is 0. The molecule has 0 saturated heterocycles. The molecule has 0 aliphatic rings. The highest BCUT2D eigenvalue weighted by atomic mass is 16.6. The fourth-order valence-corrected chi connectivity index (χ4v) is 1.68. The van der Waals surface area contributed by atoms with E-state index in [4.69, 9.17) is 10.5 Å². The van der Waals surface area contributed by atoms with Gasteiger partial charge in [0.2, 0.25) is 5.82 Å². The van der Waals surface area contributed by atoms with E-state index < -0.39 is 4.92 Å². The normalized spacial score (nSPS) is 10.3. The van der Waals surface area contributed by atoms with Crippen LogP contribution in [0.25, 0.3) is 5.69 Å². The Morgan fingerprint density at radius 1 is 1.39 bits per heavy atom. The van der Waals surface area contributed by atoms with Crippen LogP contribution in [0.5, 0.6) is 5.75 Å². The highest BCUT2D eigenvalue weighted by Gasteiger charge is 2.23. The summed E-state index contributed by atoms with van der Waals surface area (Å²) in [6, 6.07) is 6.92. The molecule has 7 heteroatoms. The Bertz CT molecular complexity index is 589. The van der Waals surface area contributed by atoms with Crippen molar-refractivity contribution in [1.29, 1.82) is 0 Å².